The van der Waals surface area contributed by atoms with Crippen molar-refractivity contribution >= 4 is 70.0 Å². The fourth-order valence-corrected chi connectivity index (χ4v) is 0.806. The summed E-state index contributed by atoms with van der Waals surface area (Å²) in [5.41, 5.74) is 0.541. The van der Waals surface area contributed by atoms with Gasteiger partial charge in [0.2, 0.25) is 0 Å². The Labute approximate surface area is 123 Å². The zero-order valence-corrected chi connectivity index (χ0v) is 13.8. The Kier molecular flexibility index (Phi) is 10.2. The Hall–Kier alpha value is 0.610. The predicted molar refractivity (Wildman–Crippen MR) is 76.2 cm³/mol. The van der Waals surface area contributed by atoms with Crippen LogP contribution in [-0.4, -0.2) is 15.0 Å². The number of rotatable bonds is 2. The third-order valence-electron chi connectivity index (χ3n) is 1.20. The molecule has 0 aliphatic carbocycles. The second-order valence-electron chi connectivity index (χ2n) is 2.28. The molecule has 0 heterocycles. The van der Waals surface area contributed by atoms with Gasteiger partial charge < -0.3 is 3.83 Å². The van der Waals surface area contributed by atoms with Gasteiger partial charge in [-0.2, -0.15) is 0 Å². The van der Waals surface area contributed by atoms with E-state index in [9.17, 15) is 4.79 Å². The maximum atomic E-state index is 10.7. The van der Waals surface area contributed by atoms with E-state index >= 15 is 0 Å². The zero-order chi connectivity index (χ0) is 11.7. The van der Waals surface area contributed by atoms with Crippen molar-refractivity contribution in [2.24, 2.45) is 0 Å². The molecule has 1 aromatic carbocycles. The van der Waals surface area contributed by atoms with Gasteiger partial charge in [-0.15, -0.1) is 0 Å². The lowest BCUT2D eigenvalue weighted by Gasteiger charge is -1.92. The quantitative estimate of drug-likeness (QED) is 0.592. The van der Waals surface area contributed by atoms with Gasteiger partial charge in [-0.1, -0.05) is 66.0 Å². The van der Waals surface area contributed by atoms with Crippen molar-refractivity contribution in [3.63, 3.8) is 0 Å². The molecule has 84 valence electrons. The van der Waals surface area contributed by atoms with Crippen LogP contribution in [0.5, 0.6) is 0 Å². The van der Waals surface area contributed by atoms with E-state index in [2.05, 4.69) is 67.9 Å². The van der Waals surface area contributed by atoms with E-state index in [1.807, 2.05) is 6.07 Å². The molecular formula is C9H8Br4O2. The zero-order valence-electron chi connectivity index (χ0n) is 7.50. The van der Waals surface area contributed by atoms with E-state index in [0.29, 0.717) is 9.30 Å². The normalized spacial score (nSPS) is 9.13. The van der Waals surface area contributed by atoms with Crippen LogP contribution in [0.15, 0.2) is 30.3 Å². The van der Waals surface area contributed by atoms with Crippen molar-refractivity contribution in [1.29, 1.82) is 0 Å². The number of halogens is 4. The molecule has 0 aromatic heterocycles. The third-order valence-corrected chi connectivity index (χ3v) is 4.52. The van der Waals surface area contributed by atoms with E-state index < -0.39 is 0 Å². The predicted octanol–water partition coefficient (Wildman–Crippen LogP) is 4.65. The van der Waals surface area contributed by atoms with Gasteiger partial charge in [0.05, 0.1) is 9.30 Å². The average Bonchev–Trinajstić information content (AvgIpc) is 2.30. The molecule has 0 atom stereocenters. The van der Waals surface area contributed by atoms with Crippen LogP contribution < -0.4 is 0 Å². The fraction of sp³-hybridized carbons (Fsp3) is 0.222. The summed E-state index contributed by atoms with van der Waals surface area (Å²) in [6, 6.07) is 8.76. The Morgan fingerprint density at radius 1 is 1.27 bits per heavy atom. The van der Waals surface area contributed by atoms with Gasteiger partial charge in [0.15, 0.2) is 16.3 Å². The molecule has 0 bridgehead atoms. The van der Waals surface area contributed by atoms with Crippen molar-refractivity contribution < 1.29 is 8.62 Å². The highest BCUT2D eigenvalue weighted by atomic mass is 79.9. The Morgan fingerprint density at radius 2 is 1.73 bits per heavy atom. The van der Waals surface area contributed by atoms with Crippen molar-refractivity contribution in [2.75, 3.05) is 5.33 Å². The monoisotopic (exact) mass is 464 g/mol. The molecule has 0 saturated carbocycles. The van der Waals surface area contributed by atoms with Crippen molar-refractivity contribution in [3.8, 4) is 0 Å². The Balaban J connectivity index is 0.000000336. The van der Waals surface area contributed by atoms with E-state index in [1.54, 1.807) is 24.3 Å². The summed E-state index contributed by atoms with van der Waals surface area (Å²) < 4.78 is 4.74. The standard InChI is InChI=1S/C7H5BrO2.C2H3Br3/c8-10-7(9)6-4-2-1-3-5-6;3-1-2(4)5/h1-5H;2H,1H2. The van der Waals surface area contributed by atoms with Gasteiger partial charge in [-0.25, -0.2) is 4.79 Å². The van der Waals surface area contributed by atoms with Gasteiger partial charge in [-0.05, 0) is 12.1 Å². The van der Waals surface area contributed by atoms with Crippen LogP contribution in [-0.2, 0) is 3.83 Å². The molecule has 0 aliphatic rings. The highest BCUT2D eigenvalue weighted by Crippen LogP contribution is 2.09. The topological polar surface area (TPSA) is 26.3 Å². The van der Waals surface area contributed by atoms with Crippen LogP contribution >= 0.6 is 64.0 Å². The lowest BCUT2D eigenvalue weighted by Crippen LogP contribution is -1.95. The SMILES string of the molecule is BrCC(Br)Br.O=C(OBr)c1ccccc1. The van der Waals surface area contributed by atoms with Crippen molar-refractivity contribution in [3.05, 3.63) is 35.9 Å². The molecule has 0 amide bonds. The maximum absolute atomic E-state index is 10.7. The molecular weight excluding hydrogens is 460 g/mol. The van der Waals surface area contributed by atoms with Crippen LogP contribution in [0.1, 0.15) is 10.4 Å². The van der Waals surface area contributed by atoms with Crippen molar-refractivity contribution in [2.45, 2.75) is 3.74 Å². The summed E-state index contributed by atoms with van der Waals surface area (Å²) in [7, 11) is 0. The van der Waals surface area contributed by atoms with Gasteiger partial charge in [0, 0.05) is 5.33 Å². The molecule has 1 rings (SSSR count). The second-order valence-corrected chi connectivity index (χ2v) is 6.69. The lowest BCUT2D eigenvalue weighted by atomic mass is 10.2. The third kappa shape index (κ3) is 8.42. The smallest absolute Gasteiger partial charge is 0.349 e. The number of carbonyl (C=O) groups is 1. The minimum Gasteiger partial charge on any atom is -0.380 e. The molecule has 0 saturated heterocycles. The summed E-state index contributed by atoms with van der Waals surface area (Å²) in [6.45, 7) is 0. The van der Waals surface area contributed by atoms with Crippen LogP contribution in [0.25, 0.3) is 0 Å². The molecule has 2 nitrogen and oxygen atoms in total. The number of hydrogen-bond donors (Lipinski definition) is 0. The van der Waals surface area contributed by atoms with Crippen LogP contribution in [0.2, 0.25) is 0 Å². The highest BCUT2D eigenvalue weighted by molar-refractivity contribution is 9.25. The van der Waals surface area contributed by atoms with E-state index in [1.165, 1.54) is 0 Å². The fourth-order valence-electron chi connectivity index (χ4n) is 0.619. The van der Waals surface area contributed by atoms with E-state index in [4.69, 9.17) is 0 Å². The molecule has 0 spiro atoms. The minimum atomic E-state index is -0.374. The number of benzene rings is 1. The molecule has 1 aromatic rings. The summed E-state index contributed by atoms with van der Waals surface area (Å²) in [5, 5.41) is 0.951. The summed E-state index contributed by atoms with van der Waals surface area (Å²) in [6.07, 6.45) is 0. The minimum absolute atomic E-state index is 0.374. The largest absolute Gasteiger partial charge is 0.380 e. The first kappa shape index (κ1) is 15.6. The number of alkyl halides is 3. The molecule has 0 fully saturated rings. The lowest BCUT2D eigenvalue weighted by molar-refractivity contribution is 0.0782. The molecule has 0 aliphatic heterocycles. The van der Waals surface area contributed by atoms with Gasteiger partial charge in [0.25, 0.3) is 0 Å². The first-order valence-corrected chi connectivity index (χ1v) is 7.44. The molecule has 0 unspecified atom stereocenters. The van der Waals surface area contributed by atoms with Gasteiger partial charge >= 0.3 is 5.97 Å². The van der Waals surface area contributed by atoms with Crippen LogP contribution in [0.3, 0.4) is 0 Å². The Morgan fingerprint density at radius 3 is 2.07 bits per heavy atom. The van der Waals surface area contributed by atoms with Crippen molar-refractivity contribution in [1.82, 2.24) is 0 Å². The number of carbonyl (C=O) groups excluding carboxylic acids is 1. The molecule has 15 heavy (non-hydrogen) atoms. The first-order valence-electron chi connectivity index (χ1n) is 3.84. The van der Waals surface area contributed by atoms with Crippen LogP contribution in [0.4, 0.5) is 0 Å². The molecule has 0 N–H and O–H groups in total. The van der Waals surface area contributed by atoms with Gasteiger partial charge in [0.1, 0.15) is 0 Å². The maximum Gasteiger partial charge on any atom is 0.349 e. The van der Waals surface area contributed by atoms with E-state index in [0.717, 1.165) is 5.33 Å². The Bertz CT molecular complexity index is 277. The average molecular weight is 468 g/mol. The second kappa shape index (κ2) is 9.81. The molecule has 6 heteroatoms. The summed E-state index contributed by atoms with van der Waals surface area (Å²) in [5.74, 6) is -0.374. The summed E-state index contributed by atoms with van der Waals surface area (Å²) >= 11 is 12.3. The highest BCUT2D eigenvalue weighted by Gasteiger charge is 2.02. The molecule has 0 radical (unpaired) electrons. The summed E-state index contributed by atoms with van der Waals surface area (Å²) in [4.78, 5) is 10.7. The van der Waals surface area contributed by atoms with Gasteiger partial charge in [-0.3, -0.25) is 0 Å². The van der Waals surface area contributed by atoms with E-state index in [-0.39, 0.29) is 5.97 Å². The number of hydrogen-bond acceptors (Lipinski definition) is 2. The van der Waals surface area contributed by atoms with Crippen LogP contribution in [0, 0.1) is 0 Å². The first-order chi connectivity index (χ1) is 7.11.